The number of carbonyl (C=O) groups excluding carboxylic acids is 1. The van der Waals surface area contributed by atoms with E-state index in [1.54, 1.807) is 26.4 Å². The molecular formula is C21H20BrN3O3. The predicted octanol–water partition coefficient (Wildman–Crippen LogP) is 4.18. The van der Waals surface area contributed by atoms with Crippen LogP contribution in [0.15, 0.2) is 64.2 Å². The van der Waals surface area contributed by atoms with Crippen LogP contribution < -0.4 is 20.2 Å². The number of halogens is 1. The lowest BCUT2D eigenvalue weighted by Gasteiger charge is -2.09. The first-order valence-electron chi connectivity index (χ1n) is 8.57. The van der Waals surface area contributed by atoms with Crippen molar-refractivity contribution in [2.45, 2.75) is 0 Å². The highest BCUT2D eigenvalue weighted by Crippen LogP contribution is 2.31. The average Bonchev–Trinajstić information content (AvgIpc) is 2.72. The van der Waals surface area contributed by atoms with Crippen molar-refractivity contribution in [3.05, 3.63) is 64.6 Å². The summed E-state index contributed by atoms with van der Waals surface area (Å²) in [6.45, 7) is 0.110. The maximum Gasteiger partial charge on any atom is 0.259 e. The molecule has 3 aromatic rings. The van der Waals surface area contributed by atoms with Crippen molar-refractivity contribution < 1.29 is 14.3 Å². The van der Waals surface area contributed by atoms with E-state index in [4.69, 9.17) is 9.47 Å². The van der Waals surface area contributed by atoms with Crippen LogP contribution in [0, 0.1) is 0 Å². The second-order valence-corrected chi connectivity index (χ2v) is 6.79. The van der Waals surface area contributed by atoms with Gasteiger partial charge in [-0.2, -0.15) is 5.10 Å². The molecular weight excluding hydrogens is 422 g/mol. The first-order valence-corrected chi connectivity index (χ1v) is 9.36. The molecule has 0 heterocycles. The number of carbonyl (C=O) groups is 1. The van der Waals surface area contributed by atoms with Gasteiger partial charge < -0.3 is 14.8 Å². The zero-order chi connectivity index (χ0) is 19.9. The number of methoxy groups -OCH3 is 2. The van der Waals surface area contributed by atoms with Crippen LogP contribution in [0.1, 0.15) is 5.56 Å². The Morgan fingerprint density at radius 1 is 1.04 bits per heavy atom. The molecule has 144 valence electrons. The van der Waals surface area contributed by atoms with E-state index < -0.39 is 0 Å². The van der Waals surface area contributed by atoms with Gasteiger partial charge in [0.25, 0.3) is 5.91 Å². The number of amides is 1. The lowest BCUT2D eigenvalue weighted by atomic mass is 10.1. The highest BCUT2D eigenvalue weighted by atomic mass is 79.9. The third-order valence-electron chi connectivity index (χ3n) is 4.10. The fraction of sp³-hybridized carbons (Fsp3) is 0.143. The van der Waals surface area contributed by atoms with Crippen molar-refractivity contribution in [1.29, 1.82) is 0 Å². The molecule has 0 aromatic heterocycles. The normalized spacial score (nSPS) is 10.8. The van der Waals surface area contributed by atoms with Crippen LogP contribution in [0.4, 0.5) is 5.69 Å². The molecule has 0 aliphatic carbocycles. The fourth-order valence-corrected chi connectivity index (χ4v) is 3.20. The van der Waals surface area contributed by atoms with Crippen molar-refractivity contribution in [3.8, 4) is 11.5 Å². The van der Waals surface area contributed by atoms with E-state index in [1.165, 1.54) is 6.21 Å². The molecule has 1 amide bonds. The van der Waals surface area contributed by atoms with E-state index in [0.717, 1.165) is 20.9 Å². The predicted molar refractivity (Wildman–Crippen MR) is 115 cm³/mol. The Morgan fingerprint density at radius 2 is 1.79 bits per heavy atom. The fourth-order valence-electron chi connectivity index (χ4n) is 2.68. The van der Waals surface area contributed by atoms with Crippen LogP contribution in [0.25, 0.3) is 10.8 Å². The molecule has 0 radical (unpaired) electrons. The molecule has 7 heteroatoms. The van der Waals surface area contributed by atoms with E-state index in [2.05, 4.69) is 31.8 Å². The summed E-state index contributed by atoms with van der Waals surface area (Å²) in [6, 6.07) is 17.6. The number of nitrogens with one attached hydrogen (secondary N) is 2. The second-order valence-electron chi connectivity index (χ2n) is 5.94. The van der Waals surface area contributed by atoms with Crippen molar-refractivity contribution in [2.75, 3.05) is 26.1 Å². The van der Waals surface area contributed by atoms with Gasteiger partial charge in [0.05, 0.1) is 31.5 Å². The molecule has 0 fully saturated rings. The summed E-state index contributed by atoms with van der Waals surface area (Å²) < 4.78 is 11.3. The Kier molecular flexibility index (Phi) is 6.49. The Bertz CT molecular complexity index is 1020. The van der Waals surface area contributed by atoms with Gasteiger partial charge in [0.15, 0.2) is 0 Å². The van der Waals surface area contributed by atoms with Crippen LogP contribution in [-0.2, 0) is 4.79 Å². The van der Waals surface area contributed by atoms with Crippen molar-refractivity contribution >= 4 is 44.5 Å². The molecule has 0 unspecified atom stereocenters. The standard InChI is InChI=1S/C21H20BrN3O3/c1-27-19-11-20(28-2)18(22)10-16(19)12-24-25-21(26)13-23-17-8-7-14-5-3-4-6-15(14)9-17/h3-12,23H,13H2,1-2H3,(H,25,26)/b24-12+. The van der Waals surface area contributed by atoms with Crippen LogP contribution in [0.5, 0.6) is 11.5 Å². The van der Waals surface area contributed by atoms with E-state index >= 15 is 0 Å². The van der Waals surface area contributed by atoms with Gasteiger partial charge in [0.1, 0.15) is 11.5 Å². The molecule has 2 N–H and O–H groups in total. The van der Waals surface area contributed by atoms with E-state index in [0.29, 0.717) is 17.1 Å². The lowest BCUT2D eigenvalue weighted by Crippen LogP contribution is -2.25. The van der Waals surface area contributed by atoms with Crippen LogP contribution in [-0.4, -0.2) is 32.9 Å². The summed E-state index contributed by atoms with van der Waals surface area (Å²) >= 11 is 3.42. The number of hydrogen-bond donors (Lipinski definition) is 2. The van der Waals surface area contributed by atoms with E-state index in [9.17, 15) is 4.79 Å². The monoisotopic (exact) mass is 441 g/mol. The molecule has 0 aliphatic rings. The maximum absolute atomic E-state index is 12.0. The van der Waals surface area contributed by atoms with E-state index in [1.807, 2.05) is 42.5 Å². The summed E-state index contributed by atoms with van der Waals surface area (Å²) in [5.41, 5.74) is 4.08. The molecule has 0 spiro atoms. The zero-order valence-corrected chi connectivity index (χ0v) is 17.1. The van der Waals surface area contributed by atoms with Gasteiger partial charge in [-0.15, -0.1) is 0 Å². The van der Waals surface area contributed by atoms with Gasteiger partial charge in [-0.05, 0) is 44.9 Å². The average molecular weight is 442 g/mol. The number of benzene rings is 3. The van der Waals surface area contributed by atoms with Crippen molar-refractivity contribution in [1.82, 2.24) is 5.43 Å². The number of ether oxygens (including phenoxy) is 2. The van der Waals surface area contributed by atoms with Crippen LogP contribution >= 0.6 is 15.9 Å². The number of fused-ring (bicyclic) bond motifs is 1. The molecule has 0 bridgehead atoms. The number of nitrogens with zero attached hydrogens (tertiary/aromatic N) is 1. The Hall–Kier alpha value is -3.06. The quantitative estimate of drug-likeness (QED) is 0.426. The first-order chi connectivity index (χ1) is 13.6. The minimum Gasteiger partial charge on any atom is -0.496 e. The summed E-state index contributed by atoms with van der Waals surface area (Å²) in [7, 11) is 3.14. The van der Waals surface area contributed by atoms with Gasteiger partial charge in [0, 0.05) is 17.3 Å². The smallest absolute Gasteiger partial charge is 0.259 e. The summed E-state index contributed by atoms with van der Waals surface area (Å²) in [4.78, 5) is 12.0. The largest absolute Gasteiger partial charge is 0.496 e. The Labute approximate surface area is 171 Å². The molecule has 6 nitrogen and oxygen atoms in total. The SMILES string of the molecule is COc1cc(OC)c(/C=N/NC(=O)CNc2ccc3ccccc3c2)cc1Br. The Morgan fingerprint density at radius 3 is 2.54 bits per heavy atom. The summed E-state index contributed by atoms with van der Waals surface area (Å²) in [5, 5.41) is 9.37. The molecule has 28 heavy (non-hydrogen) atoms. The second kappa shape index (κ2) is 9.23. The van der Waals surface area contributed by atoms with Gasteiger partial charge in [0.2, 0.25) is 0 Å². The number of anilines is 1. The van der Waals surface area contributed by atoms with E-state index in [-0.39, 0.29) is 12.5 Å². The van der Waals surface area contributed by atoms with Gasteiger partial charge in [-0.3, -0.25) is 4.79 Å². The highest BCUT2D eigenvalue weighted by molar-refractivity contribution is 9.10. The minimum atomic E-state index is -0.254. The van der Waals surface area contributed by atoms with Crippen LogP contribution in [0.2, 0.25) is 0 Å². The van der Waals surface area contributed by atoms with Gasteiger partial charge in [-0.1, -0.05) is 30.3 Å². The molecule has 0 saturated carbocycles. The number of rotatable bonds is 7. The van der Waals surface area contributed by atoms with Crippen LogP contribution in [0.3, 0.4) is 0 Å². The number of hydrogen-bond acceptors (Lipinski definition) is 5. The molecule has 0 atom stereocenters. The highest BCUT2D eigenvalue weighted by Gasteiger charge is 2.08. The third kappa shape index (κ3) is 4.80. The summed E-state index contributed by atoms with van der Waals surface area (Å²) in [6.07, 6.45) is 1.52. The Balaban J connectivity index is 1.58. The molecule has 0 saturated heterocycles. The minimum absolute atomic E-state index is 0.110. The molecule has 0 aliphatic heterocycles. The van der Waals surface area contributed by atoms with Gasteiger partial charge in [-0.25, -0.2) is 5.43 Å². The van der Waals surface area contributed by atoms with Crippen molar-refractivity contribution in [2.24, 2.45) is 5.10 Å². The molecule has 3 rings (SSSR count). The maximum atomic E-state index is 12.0. The topological polar surface area (TPSA) is 72.0 Å². The summed E-state index contributed by atoms with van der Waals surface area (Å²) in [5.74, 6) is 0.987. The van der Waals surface area contributed by atoms with Gasteiger partial charge >= 0.3 is 0 Å². The lowest BCUT2D eigenvalue weighted by molar-refractivity contribution is -0.119. The molecule has 3 aromatic carbocycles. The first kappa shape index (κ1) is 19.7. The zero-order valence-electron chi connectivity index (χ0n) is 15.5. The third-order valence-corrected chi connectivity index (χ3v) is 4.72. The van der Waals surface area contributed by atoms with Crippen molar-refractivity contribution in [3.63, 3.8) is 0 Å². The number of hydrazone groups is 1.